The summed E-state index contributed by atoms with van der Waals surface area (Å²) in [7, 11) is -3.52. The normalized spacial score (nSPS) is 13.1. The number of hydrogen-bond donors (Lipinski definition) is 2. The van der Waals surface area contributed by atoms with E-state index in [2.05, 4.69) is 4.72 Å². The molecule has 0 spiro atoms. The van der Waals surface area contributed by atoms with Gasteiger partial charge in [0.25, 0.3) is 0 Å². The molecule has 0 unspecified atom stereocenters. The van der Waals surface area contributed by atoms with Crippen LogP contribution >= 0.6 is 0 Å². The van der Waals surface area contributed by atoms with Gasteiger partial charge in [-0.2, -0.15) is 0 Å². The van der Waals surface area contributed by atoms with Crippen molar-refractivity contribution in [3.8, 4) is 0 Å². The van der Waals surface area contributed by atoms with Crippen LogP contribution in [0.15, 0.2) is 41.3 Å². The first-order chi connectivity index (χ1) is 8.77. The zero-order valence-electron chi connectivity index (χ0n) is 11.6. The average molecular weight is 283 g/mol. The van der Waals surface area contributed by atoms with E-state index in [0.29, 0.717) is 6.42 Å². The molecule has 1 aromatic carbocycles. The number of aryl methyl sites for hydroxylation is 1. The first-order valence-electron chi connectivity index (χ1n) is 6.13. The lowest BCUT2D eigenvalue weighted by atomic mass is 10.0. The largest absolute Gasteiger partial charge is 0.392 e. The monoisotopic (exact) mass is 283 g/mol. The second-order valence-corrected chi connectivity index (χ2v) is 6.84. The van der Waals surface area contributed by atoms with E-state index in [0.717, 1.165) is 5.56 Å². The van der Waals surface area contributed by atoms with Gasteiger partial charge in [0.2, 0.25) is 10.0 Å². The number of rotatable bonds is 6. The van der Waals surface area contributed by atoms with Crippen LogP contribution in [0.4, 0.5) is 0 Å². The second kappa shape index (κ2) is 6.32. The fraction of sp³-hybridized carbons (Fsp3) is 0.429. The lowest BCUT2D eigenvalue weighted by Crippen LogP contribution is -2.42. The lowest BCUT2D eigenvalue weighted by Gasteiger charge is -2.24. The van der Waals surface area contributed by atoms with Gasteiger partial charge in [0.05, 0.1) is 11.5 Å². The van der Waals surface area contributed by atoms with Crippen LogP contribution in [0.5, 0.6) is 0 Å². The molecule has 0 aliphatic carbocycles. The molecule has 0 saturated heterocycles. The molecule has 0 radical (unpaired) electrons. The topological polar surface area (TPSA) is 66.4 Å². The molecule has 19 heavy (non-hydrogen) atoms. The molecule has 0 heterocycles. The van der Waals surface area contributed by atoms with E-state index >= 15 is 0 Å². The molecule has 0 aliphatic heterocycles. The average Bonchev–Trinajstić information content (AvgIpc) is 2.28. The Hall–Kier alpha value is -1.17. The fourth-order valence-electron chi connectivity index (χ4n) is 1.63. The number of nitrogens with one attached hydrogen (secondary N) is 1. The van der Waals surface area contributed by atoms with E-state index < -0.39 is 15.6 Å². The van der Waals surface area contributed by atoms with Crippen molar-refractivity contribution in [3.05, 3.63) is 42.0 Å². The van der Waals surface area contributed by atoms with Gasteiger partial charge in [0, 0.05) is 5.54 Å². The van der Waals surface area contributed by atoms with E-state index in [-0.39, 0.29) is 11.5 Å². The van der Waals surface area contributed by atoms with Crippen molar-refractivity contribution < 1.29 is 13.5 Å². The van der Waals surface area contributed by atoms with Crippen molar-refractivity contribution in [1.82, 2.24) is 4.72 Å². The molecular formula is C14H21NO3S. The Bertz CT molecular complexity index is 530. The molecule has 0 bridgehead atoms. The Balaban J connectivity index is 2.84. The van der Waals surface area contributed by atoms with Crippen LogP contribution in [0, 0.1) is 6.92 Å². The summed E-state index contributed by atoms with van der Waals surface area (Å²) in [5.41, 5.74) is 0.416. The van der Waals surface area contributed by atoms with Gasteiger partial charge in [0.1, 0.15) is 0 Å². The van der Waals surface area contributed by atoms with E-state index in [1.807, 2.05) is 6.92 Å². The maximum atomic E-state index is 12.2. The smallest absolute Gasteiger partial charge is 0.241 e. The van der Waals surface area contributed by atoms with Crippen LogP contribution in [0.3, 0.4) is 0 Å². The first kappa shape index (κ1) is 15.9. The Morgan fingerprint density at radius 3 is 2.32 bits per heavy atom. The fourth-order valence-corrected chi connectivity index (χ4v) is 3.06. The zero-order chi connectivity index (χ0) is 14.5. The second-order valence-electron chi connectivity index (χ2n) is 5.16. The van der Waals surface area contributed by atoms with Gasteiger partial charge in [-0.25, -0.2) is 13.1 Å². The lowest BCUT2D eigenvalue weighted by molar-refractivity contribution is 0.341. The summed E-state index contributed by atoms with van der Waals surface area (Å²) in [5, 5.41) is 8.67. The van der Waals surface area contributed by atoms with Gasteiger partial charge in [0.15, 0.2) is 0 Å². The van der Waals surface area contributed by atoms with Gasteiger partial charge in [-0.15, -0.1) is 0 Å². The molecule has 0 atom stereocenters. The third-order valence-corrected chi connectivity index (χ3v) is 4.36. The molecule has 2 N–H and O–H groups in total. The van der Waals surface area contributed by atoms with Gasteiger partial charge < -0.3 is 5.11 Å². The third kappa shape index (κ3) is 5.14. The minimum Gasteiger partial charge on any atom is -0.392 e. The Morgan fingerprint density at radius 2 is 1.79 bits per heavy atom. The molecule has 0 aliphatic rings. The number of sulfonamides is 1. The summed E-state index contributed by atoms with van der Waals surface area (Å²) < 4.78 is 27.1. The van der Waals surface area contributed by atoms with Crippen LogP contribution in [-0.2, 0) is 10.0 Å². The minimum absolute atomic E-state index is 0.0409. The van der Waals surface area contributed by atoms with E-state index in [4.69, 9.17) is 5.11 Å². The number of aliphatic hydroxyl groups is 1. The summed E-state index contributed by atoms with van der Waals surface area (Å²) in [6.07, 6.45) is 3.87. The van der Waals surface area contributed by atoms with Crippen LogP contribution < -0.4 is 4.72 Å². The third-order valence-electron chi connectivity index (χ3n) is 2.64. The highest BCUT2D eigenvalue weighted by Gasteiger charge is 2.24. The van der Waals surface area contributed by atoms with Crippen LogP contribution in [-0.4, -0.2) is 25.7 Å². The molecule has 5 heteroatoms. The molecule has 1 aromatic rings. The highest BCUT2D eigenvalue weighted by molar-refractivity contribution is 7.89. The summed E-state index contributed by atoms with van der Waals surface area (Å²) in [4.78, 5) is 0.261. The number of aliphatic hydroxyl groups excluding tert-OH is 1. The van der Waals surface area contributed by atoms with Gasteiger partial charge in [-0.1, -0.05) is 29.8 Å². The molecule has 1 rings (SSSR count). The molecule has 106 valence electrons. The maximum Gasteiger partial charge on any atom is 0.241 e. The Kier molecular flexibility index (Phi) is 5.29. The maximum absolute atomic E-state index is 12.2. The predicted molar refractivity (Wildman–Crippen MR) is 76.4 cm³/mol. The van der Waals surface area contributed by atoms with Crippen molar-refractivity contribution >= 4 is 10.0 Å². The highest BCUT2D eigenvalue weighted by Crippen LogP contribution is 2.16. The van der Waals surface area contributed by atoms with E-state index in [1.54, 1.807) is 50.3 Å². The zero-order valence-corrected chi connectivity index (χ0v) is 12.4. The van der Waals surface area contributed by atoms with Crippen LogP contribution in [0.25, 0.3) is 0 Å². The number of benzene rings is 1. The van der Waals surface area contributed by atoms with Crippen LogP contribution in [0.1, 0.15) is 25.8 Å². The standard InChI is InChI=1S/C14H21NO3S/c1-12-6-8-13(9-7-12)19(17,18)15-14(2,3)10-4-5-11-16/h4-9,15-16H,10-11H2,1-3H3/b5-4+. The van der Waals surface area contributed by atoms with Crippen LogP contribution in [0.2, 0.25) is 0 Å². The number of hydrogen-bond acceptors (Lipinski definition) is 3. The van der Waals surface area contributed by atoms with Gasteiger partial charge in [-0.05, 0) is 39.3 Å². The molecule has 0 aromatic heterocycles. The molecule has 4 nitrogen and oxygen atoms in total. The first-order valence-corrected chi connectivity index (χ1v) is 7.62. The van der Waals surface area contributed by atoms with Gasteiger partial charge in [-0.3, -0.25) is 0 Å². The Labute approximate surface area is 115 Å². The minimum atomic E-state index is -3.52. The van der Waals surface area contributed by atoms with Crippen molar-refractivity contribution in [3.63, 3.8) is 0 Å². The SMILES string of the molecule is Cc1ccc(S(=O)(=O)NC(C)(C)C/C=C/CO)cc1. The van der Waals surface area contributed by atoms with Gasteiger partial charge >= 0.3 is 0 Å². The summed E-state index contributed by atoms with van der Waals surface area (Å²) >= 11 is 0. The highest BCUT2D eigenvalue weighted by atomic mass is 32.2. The molecule has 0 fully saturated rings. The van der Waals surface area contributed by atoms with E-state index in [9.17, 15) is 8.42 Å². The van der Waals surface area contributed by atoms with E-state index in [1.165, 1.54) is 0 Å². The quantitative estimate of drug-likeness (QED) is 0.785. The van der Waals surface area contributed by atoms with Crippen molar-refractivity contribution in [2.24, 2.45) is 0 Å². The van der Waals surface area contributed by atoms with Crippen molar-refractivity contribution in [1.29, 1.82) is 0 Å². The summed E-state index contributed by atoms with van der Waals surface area (Å²) in [6.45, 7) is 5.48. The Morgan fingerprint density at radius 1 is 1.21 bits per heavy atom. The summed E-state index contributed by atoms with van der Waals surface area (Å²) in [6, 6.07) is 6.73. The molecular weight excluding hydrogens is 262 g/mol. The molecule has 0 saturated carbocycles. The summed E-state index contributed by atoms with van der Waals surface area (Å²) in [5.74, 6) is 0. The molecule has 0 amide bonds. The van der Waals surface area contributed by atoms with Crippen molar-refractivity contribution in [2.45, 2.75) is 37.6 Å². The predicted octanol–water partition coefficient (Wildman–Crippen LogP) is 1.99. The van der Waals surface area contributed by atoms with Crippen molar-refractivity contribution in [2.75, 3.05) is 6.61 Å².